The molecule has 4 heteroatoms. The van der Waals surface area contributed by atoms with Gasteiger partial charge in [-0.1, -0.05) is 35.9 Å². The Balaban J connectivity index is 1.92. The minimum atomic E-state index is -0.220. The van der Waals surface area contributed by atoms with Crippen LogP contribution in [0.1, 0.15) is 24.0 Å². The molecule has 2 heterocycles. The number of benzene rings is 2. The Morgan fingerprint density at radius 3 is 2.29 bits per heavy atom. The highest BCUT2D eigenvalue weighted by molar-refractivity contribution is 5.90. The Morgan fingerprint density at radius 2 is 1.61 bits per heavy atom. The zero-order valence-corrected chi connectivity index (χ0v) is 16.5. The predicted molar refractivity (Wildman–Crippen MR) is 114 cm³/mol. The first kappa shape index (κ1) is 18.6. The van der Waals surface area contributed by atoms with E-state index in [1.165, 1.54) is 5.56 Å². The third-order valence-electron chi connectivity index (χ3n) is 5.46. The van der Waals surface area contributed by atoms with E-state index in [1.54, 1.807) is 12.1 Å². The summed E-state index contributed by atoms with van der Waals surface area (Å²) < 4.78 is 14.2. The second kappa shape index (κ2) is 7.72. The maximum atomic E-state index is 14.2. The van der Waals surface area contributed by atoms with Crippen molar-refractivity contribution in [3.05, 3.63) is 71.8 Å². The lowest BCUT2D eigenvalue weighted by molar-refractivity contribution is 0.501. The van der Waals surface area contributed by atoms with Gasteiger partial charge in [-0.15, -0.1) is 0 Å². The highest BCUT2D eigenvalue weighted by atomic mass is 19.1. The molecule has 1 aliphatic rings. The van der Waals surface area contributed by atoms with Gasteiger partial charge < -0.3 is 10.6 Å². The molecule has 4 rings (SSSR count). The number of nitrogens with zero attached hydrogens (tertiary/aromatic N) is 2. The molecule has 0 amide bonds. The molecule has 0 spiro atoms. The highest BCUT2D eigenvalue weighted by Crippen LogP contribution is 2.40. The molecule has 0 radical (unpaired) electrons. The summed E-state index contributed by atoms with van der Waals surface area (Å²) in [6.07, 6.45) is 5.69. The maximum absolute atomic E-state index is 14.2. The molecule has 0 atom stereocenters. The molecule has 3 nitrogen and oxygen atoms in total. The summed E-state index contributed by atoms with van der Waals surface area (Å²) in [5, 5.41) is 0. The predicted octanol–water partition coefficient (Wildman–Crippen LogP) is 5.10. The molecule has 1 aromatic heterocycles. The van der Waals surface area contributed by atoms with Crippen molar-refractivity contribution in [1.82, 2.24) is 4.98 Å². The number of hydrogen-bond acceptors (Lipinski definition) is 3. The van der Waals surface area contributed by atoms with Crippen LogP contribution >= 0.6 is 0 Å². The van der Waals surface area contributed by atoms with Gasteiger partial charge >= 0.3 is 0 Å². The monoisotopic (exact) mass is 375 g/mol. The number of hydrogen-bond donors (Lipinski definition) is 1. The van der Waals surface area contributed by atoms with Crippen molar-refractivity contribution >= 4 is 5.69 Å². The molecule has 28 heavy (non-hydrogen) atoms. The Labute approximate surface area is 166 Å². The summed E-state index contributed by atoms with van der Waals surface area (Å²) in [6.45, 7) is 5.80. The van der Waals surface area contributed by atoms with E-state index in [0.29, 0.717) is 0 Å². The number of pyridine rings is 1. The number of aromatic nitrogens is 1. The molecule has 2 N–H and O–H groups in total. The van der Waals surface area contributed by atoms with Gasteiger partial charge in [-0.05, 0) is 55.5 Å². The van der Waals surface area contributed by atoms with Crippen LogP contribution in [0.4, 0.5) is 10.1 Å². The second-order valence-electron chi connectivity index (χ2n) is 7.79. The zero-order chi connectivity index (χ0) is 19.7. The van der Waals surface area contributed by atoms with E-state index in [4.69, 9.17) is 5.73 Å². The first-order valence-corrected chi connectivity index (χ1v) is 9.84. The van der Waals surface area contributed by atoms with Crippen LogP contribution in [0.3, 0.4) is 0 Å². The minimum Gasteiger partial charge on any atom is -0.370 e. The number of anilines is 1. The van der Waals surface area contributed by atoms with Crippen molar-refractivity contribution in [2.45, 2.75) is 32.7 Å². The summed E-state index contributed by atoms with van der Waals surface area (Å²) in [4.78, 5) is 6.91. The van der Waals surface area contributed by atoms with Gasteiger partial charge in [0.05, 0.1) is 5.69 Å². The minimum absolute atomic E-state index is 0.220. The topological polar surface area (TPSA) is 42.2 Å². The molecule has 0 unspecified atom stereocenters. The molecule has 144 valence electrons. The smallest absolute Gasteiger partial charge is 0.124 e. The molecule has 0 saturated carbocycles. The van der Waals surface area contributed by atoms with Gasteiger partial charge in [0.1, 0.15) is 5.82 Å². The normalized spacial score (nSPS) is 15.1. The Morgan fingerprint density at radius 1 is 0.929 bits per heavy atom. The highest BCUT2D eigenvalue weighted by Gasteiger charge is 2.23. The number of piperidine rings is 1. The van der Waals surface area contributed by atoms with Gasteiger partial charge in [0.15, 0.2) is 0 Å². The number of rotatable bonds is 3. The van der Waals surface area contributed by atoms with Gasteiger partial charge in [-0.25, -0.2) is 4.39 Å². The van der Waals surface area contributed by atoms with Crippen molar-refractivity contribution in [1.29, 1.82) is 0 Å². The van der Waals surface area contributed by atoms with Gasteiger partial charge in [-0.3, -0.25) is 4.98 Å². The quantitative estimate of drug-likeness (QED) is 0.693. The van der Waals surface area contributed by atoms with Crippen molar-refractivity contribution in [2.24, 2.45) is 5.73 Å². The Bertz CT molecular complexity index is 971. The van der Waals surface area contributed by atoms with E-state index in [2.05, 4.69) is 41.1 Å². The summed E-state index contributed by atoms with van der Waals surface area (Å²) in [7, 11) is 0. The zero-order valence-electron chi connectivity index (χ0n) is 16.5. The third kappa shape index (κ3) is 3.78. The molecule has 1 fully saturated rings. The molecule has 2 aromatic carbocycles. The fourth-order valence-corrected chi connectivity index (χ4v) is 4.04. The first-order chi connectivity index (χ1) is 13.5. The number of aryl methyl sites for hydroxylation is 2. The van der Waals surface area contributed by atoms with Crippen LogP contribution in [0.2, 0.25) is 0 Å². The van der Waals surface area contributed by atoms with Crippen LogP contribution in [0.15, 0.2) is 54.9 Å². The first-order valence-electron chi connectivity index (χ1n) is 9.84. The Hall–Kier alpha value is -2.72. The lowest BCUT2D eigenvalue weighted by atomic mass is 9.94. The van der Waals surface area contributed by atoms with Crippen LogP contribution in [0.5, 0.6) is 0 Å². The van der Waals surface area contributed by atoms with Crippen molar-refractivity contribution in [2.75, 3.05) is 18.0 Å². The molecule has 1 aliphatic heterocycles. The van der Waals surface area contributed by atoms with Crippen LogP contribution in [0, 0.1) is 19.7 Å². The van der Waals surface area contributed by atoms with E-state index >= 15 is 0 Å². The van der Waals surface area contributed by atoms with E-state index < -0.39 is 0 Å². The van der Waals surface area contributed by atoms with E-state index in [9.17, 15) is 4.39 Å². The lowest BCUT2D eigenvalue weighted by Crippen LogP contribution is -2.40. The second-order valence-corrected chi connectivity index (χ2v) is 7.79. The molecule has 0 aliphatic carbocycles. The maximum Gasteiger partial charge on any atom is 0.124 e. The summed E-state index contributed by atoms with van der Waals surface area (Å²) in [5.41, 5.74) is 13.4. The van der Waals surface area contributed by atoms with E-state index in [0.717, 1.165) is 59.4 Å². The van der Waals surface area contributed by atoms with Crippen molar-refractivity contribution < 1.29 is 4.39 Å². The number of halogens is 1. The number of nitrogens with two attached hydrogens (primary N) is 1. The fourth-order valence-electron chi connectivity index (χ4n) is 4.04. The van der Waals surface area contributed by atoms with Crippen LogP contribution < -0.4 is 10.6 Å². The van der Waals surface area contributed by atoms with Crippen LogP contribution in [0.25, 0.3) is 22.3 Å². The van der Waals surface area contributed by atoms with Gasteiger partial charge in [-0.2, -0.15) is 0 Å². The molecule has 0 bridgehead atoms. The SMILES string of the molecule is Cc1cccc(-c2cncc(-c3cc(C)cc(F)c3)c2N2CCC(N)CC2)c1. The largest absolute Gasteiger partial charge is 0.370 e. The molecular weight excluding hydrogens is 349 g/mol. The standard InChI is InChI=1S/C24H26FN3/c1-16-4-3-5-18(10-16)22-14-27-15-23(19-11-17(2)12-20(25)13-19)24(22)28-8-6-21(26)7-9-28/h3-5,10-15,21H,6-9,26H2,1-2H3. The van der Waals surface area contributed by atoms with Crippen molar-refractivity contribution in [3.63, 3.8) is 0 Å². The third-order valence-corrected chi connectivity index (χ3v) is 5.46. The van der Waals surface area contributed by atoms with E-state index in [1.807, 2.05) is 25.4 Å². The lowest BCUT2D eigenvalue weighted by Gasteiger charge is -2.35. The van der Waals surface area contributed by atoms with Crippen LogP contribution in [-0.4, -0.2) is 24.1 Å². The molecule has 3 aromatic rings. The summed E-state index contributed by atoms with van der Waals surface area (Å²) in [5.74, 6) is -0.220. The fraction of sp³-hybridized carbons (Fsp3) is 0.292. The summed E-state index contributed by atoms with van der Waals surface area (Å²) >= 11 is 0. The summed E-state index contributed by atoms with van der Waals surface area (Å²) in [6, 6.07) is 13.9. The van der Waals surface area contributed by atoms with Gasteiger partial charge in [0.25, 0.3) is 0 Å². The Kier molecular flexibility index (Phi) is 5.14. The van der Waals surface area contributed by atoms with Crippen molar-refractivity contribution in [3.8, 4) is 22.3 Å². The average Bonchev–Trinajstić information content (AvgIpc) is 2.67. The van der Waals surface area contributed by atoms with Gasteiger partial charge in [0.2, 0.25) is 0 Å². The van der Waals surface area contributed by atoms with E-state index in [-0.39, 0.29) is 11.9 Å². The molecule has 1 saturated heterocycles. The molecular formula is C24H26FN3. The van der Waals surface area contributed by atoms with Crippen LogP contribution in [-0.2, 0) is 0 Å². The van der Waals surface area contributed by atoms with Gasteiger partial charge in [0, 0.05) is 42.7 Å². The average molecular weight is 375 g/mol.